The Balaban J connectivity index is 2.40. The van der Waals surface area contributed by atoms with Crippen molar-refractivity contribution in [2.45, 2.75) is 20.5 Å². The van der Waals surface area contributed by atoms with Crippen molar-refractivity contribution in [1.82, 2.24) is 0 Å². The summed E-state index contributed by atoms with van der Waals surface area (Å²) in [5.41, 5.74) is 0.603. The Morgan fingerprint density at radius 2 is 2.46 bits per heavy atom. The zero-order valence-corrected chi connectivity index (χ0v) is 7.74. The van der Waals surface area contributed by atoms with Crippen LogP contribution < -0.4 is 0 Å². The van der Waals surface area contributed by atoms with Crippen molar-refractivity contribution in [3.05, 3.63) is 35.8 Å². The number of esters is 1. The minimum Gasteiger partial charge on any atom is -0.466 e. The van der Waals surface area contributed by atoms with Gasteiger partial charge in [-0.3, -0.25) is 0 Å². The Bertz CT molecular complexity index is 296. The molecule has 0 saturated heterocycles. The Morgan fingerprint density at radius 3 is 3.00 bits per heavy atom. The Labute approximate surface area is 77.0 Å². The van der Waals surface area contributed by atoms with E-state index in [1.54, 1.807) is 38.3 Å². The number of allylic oxidation sites excluding steroid dienone is 1. The lowest BCUT2D eigenvalue weighted by molar-refractivity contribution is -0.140. The standard InChI is InChI=1S/C10H12O3/c1-3-8(2)10(11)13-7-9-5-4-6-12-9/h3-6H,7H2,1-2H3. The van der Waals surface area contributed by atoms with Gasteiger partial charge in [0, 0.05) is 5.57 Å². The summed E-state index contributed by atoms with van der Waals surface area (Å²) in [6, 6.07) is 3.52. The van der Waals surface area contributed by atoms with Gasteiger partial charge >= 0.3 is 5.97 Å². The SMILES string of the molecule is CC=C(C)C(=O)OCc1ccco1. The molecule has 1 rings (SSSR count). The van der Waals surface area contributed by atoms with Crippen molar-refractivity contribution in [1.29, 1.82) is 0 Å². The van der Waals surface area contributed by atoms with Gasteiger partial charge in [0.05, 0.1) is 6.26 Å². The Kier molecular flexibility index (Phi) is 3.31. The van der Waals surface area contributed by atoms with Gasteiger partial charge in [0.15, 0.2) is 0 Å². The second-order valence-electron chi connectivity index (χ2n) is 2.63. The van der Waals surface area contributed by atoms with E-state index in [0.717, 1.165) is 0 Å². The van der Waals surface area contributed by atoms with Crippen LogP contribution in [0, 0.1) is 0 Å². The molecule has 3 heteroatoms. The topological polar surface area (TPSA) is 39.4 Å². The molecule has 0 unspecified atom stereocenters. The maximum Gasteiger partial charge on any atom is 0.333 e. The van der Waals surface area contributed by atoms with Gasteiger partial charge in [0.2, 0.25) is 0 Å². The highest BCUT2D eigenvalue weighted by Crippen LogP contribution is 2.04. The fraction of sp³-hybridized carbons (Fsp3) is 0.300. The largest absolute Gasteiger partial charge is 0.466 e. The predicted octanol–water partition coefficient (Wildman–Crippen LogP) is 2.29. The number of carbonyl (C=O) groups is 1. The van der Waals surface area contributed by atoms with Crippen molar-refractivity contribution < 1.29 is 13.9 Å². The van der Waals surface area contributed by atoms with Crippen LogP contribution in [0.5, 0.6) is 0 Å². The van der Waals surface area contributed by atoms with Crippen LogP contribution in [-0.4, -0.2) is 5.97 Å². The van der Waals surface area contributed by atoms with Gasteiger partial charge < -0.3 is 9.15 Å². The predicted molar refractivity (Wildman–Crippen MR) is 47.9 cm³/mol. The first-order chi connectivity index (χ1) is 6.24. The molecule has 3 nitrogen and oxygen atoms in total. The molecule has 0 aliphatic carbocycles. The van der Waals surface area contributed by atoms with Crippen molar-refractivity contribution >= 4 is 5.97 Å². The van der Waals surface area contributed by atoms with Gasteiger partial charge in [-0.1, -0.05) is 6.08 Å². The van der Waals surface area contributed by atoms with Crippen molar-refractivity contribution in [3.63, 3.8) is 0 Å². The molecule has 0 spiro atoms. The third-order valence-corrected chi connectivity index (χ3v) is 1.68. The number of carbonyl (C=O) groups excluding carboxylic acids is 1. The first-order valence-electron chi connectivity index (χ1n) is 4.06. The van der Waals surface area contributed by atoms with Crippen LogP contribution in [0.25, 0.3) is 0 Å². The highest BCUT2D eigenvalue weighted by molar-refractivity contribution is 5.87. The summed E-state index contributed by atoms with van der Waals surface area (Å²) >= 11 is 0. The molecule has 1 heterocycles. The normalized spacial score (nSPS) is 11.4. The molecule has 0 atom stereocenters. The van der Waals surface area contributed by atoms with Crippen molar-refractivity contribution in [2.24, 2.45) is 0 Å². The van der Waals surface area contributed by atoms with Crippen LogP contribution in [0.1, 0.15) is 19.6 Å². The molecule has 0 fully saturated rings. The smallest absolute Gasteiger partial charge is 0.333 e. The Morgan fingerprint density at radius 1 is 1.69 bits per heavy atom. The van der Waals surface area contributed by atoms with Gasteiger partial charge in [0.1, 0.15) is 12.4 Å². The molecule has 13 heavy (non-hydrogen) atoms. The molecule has 0 aromatic carbocycles. The van der Waals surface area contributed by atoms with Gasteiger partial charge in [-0.15, -0.1) is 0 Å². The van der Waals surface area contributed by atoms with E-state index in [9.17, 15) is 4.79 Å². The van der Waals surface area contributed by atoms with E-state index in [-0.39, 0.29) is 12.6 Å². The molecule has 1 aromatic rings. The molecule has 0 aliphatic rings. The highest BCUT2D eigenvalue weighted by Gasteiger charge is 2.05. The molecule has 0 N–H and O–H groups in total. The zero-order valence-electron chi connectivity index (χ0n) is 7.74. The minimum atomic E-state index is -0.307. The summed E-state index contributed by atoms with van der Waals surface area (Å²) in [6.07, 6.45) is 3.26. The molecule has 0 aliphatic heterocycles. The number of rotatable bonds is 3. The van der Waals surface area contributed by atoms with E-state index < -0.39 is 0 Å². The molecular formula is C10H12O3. The van der Waals surface area contributed by atoms with Crippen LogP contribution in [0.3, 0.4) is 0 Å². The minimum absolute atomic E-state index is 0.191. The molecule has 1 aromatic heterocycles. The second-order valence-corrected chi connectivity index (χ2v) is 2.63. The van der Waals surface area contributed by atoms with Gasteiger partial charge in [-0.25, -0.2) is 4.79 Å². The van der Waals surface area contributed by atoms with Crippen LogP contribution in [-0.2, 0) is 16.1 Å². The highest BCUT2D eigenvalue weighted by atomic mass is 16.5. The fourth-order valence-corrected chi connectivity index (χ4v) is 0.763. The van der Waals surface area contributed by atoms with Crippen LogP contribution >= 0.6 is 0 Å². The Hall–Kier alpha value is -1.51. The maximum atomic E-state index is 11.1. The summed E-state index contributed by atoms with van der Waals surface area (Å²) in [7, 11) is 0. The maximum absolute atomic E-state index is 11.1. The summed E-state index contributed by atoms with van der Waals surface area (Å²) in [5, 5.41) is 0. The van der Waals surface area contributed by atoms with E-state index >= 15 is 0 Å². The van der Waals surface area contributed by atoms with E-state index in [1.807, 2.05) is 0 Å². The van der Waals surface area contributed by atoms with Crippen molar-refractivity contribution in [2.75, 3.05) is 0 Å². The number of furan rings is 1. The summed E-state index contributed by atoms with van der Waals surface area (Å²) in [5.74, 6) is 0.344. The third kappa shape index (κ3) is 2.78. The first-order valence-corrected chi connectivity index (χ1v) is 4.06. The third-order valence-electron chi connectivity index (χ3n) is 1.68. The zero-order chi connectivity index (χ0) is 9.68. The van der Waals surface area contributed by atoms with Gasteiger partial charge in [-0.2, -0.15) is 0 Å². The number of hydrogen-bond donors (Lipinski definition) is 0. The van der Waals surface area contributed by atoms with Crippen LogP contribution in [0.15, 0.2) is 34.5 Å². The van der Waals surface area contributed by atoms with E-state index in [2.05, 4.69) is 0 Å². The van der Waals surface area contributed by atoms with Crippen LogP contribution in [0.2, 0.25) is 0 Å². The summed E-state index contributed by atoms with van der Waals surface area (Å²) in [4.78, 5) is 11.1. The summed E-state index contributed by atoms with van der Waals surface area (Å²) < 4.78 is 9.94. The number of ether oxygens (including phenoxy) is 1. The van der Waals surface area contributed by atoms with E-state index in [4.69, 9.17) is 9.15 Å². The first kappa shape index (κ1) is 9.58. The summed E-state index contributed by atoms with van der Waals surface area (Å²) in [6.45, 7) is 3.70. The molecule has 70 valence electrons. The lowest BCUT2D eigenvalue weighted by atomic mass is 10.3. The number of hydrogen-bond acceptors (Lipinski definition) is 3. The van der Waals surface area contributed by atoms with Gasteiger partial charge in [-0.05, 0) is 26.0 Å². The second kappa shape index (κ2) is 4.50. The van der Waals surface area contributed by atoms with E-state index in [0.29, 0.717) is 11.3 Å². The molecule has 0 amide bonds. The average Bonchev–Trinajstić information content (AvgIpc) is 2.65. The molecular weight excluding hydrogens is 168 g/mol. The quantitative estimate of drug-likeness (QED) is 0.529. The lowest BCUT2D eigenvalue weighted by Crippen LogP contribution is -2.04. The average molecular weight is 180 g/mol. The monoisotopic (exact) mass is 180 g/mol. The lowest BCUT2D eigenvalue weighted by Gasteiger charge is -2.01. The van der Waals surface area contributed by atoms with Gasteiger partial charge in [0.25, 0.3) is 0 Å². The molecule has 0 radical (unpaired) electrons. The molecule has 0 saturated carbocycles. The molecule has 0 bridgehead atoms. The van der Waals surface area contributed by atoms with E-state index in [1.165, 1.54) is 0 Å². The van der Waals surface area contributed by atoms with Crippen molar-refractivity contribution in [3.8, 4) is 0 Å². The fourth-order valence-electron chi connectivity index (χ4n) is 0.763. The van der Waals surface area contributed by atoms with Crippen LogP contribution in [0.4, 0.5) is 0 Å².